The maximum Gasteiger partial charge on any atom is 0.312 e. The van der Waals surface area contributed by atoms with E-state index in [4.69, 9.17) is 9.47 Å². The zero-order valence-corrected chi connectivity index (χ0v) is 15.3. The average Bonchev–Trinajstić information content (AvgIpc) is 3.27. The SMILES string of the molecule is CC(C)COC(=O)[C@H]1[C@@H]2C=C[C@]3(CN(CCc4ccccc4)C(=O)[C@H]13)O2. The zero-order chi connectivity index (χ0) is 18.3. The minimum atomic E-state index is -0.653. The maximum atomic E-state index is 13.1. The molecule has 138 valence electrons. The second kappa shape index (κ2) is 6.54. The van der Waals surface area contributed by atoms with Crippen LogP contribution in [-0.4, -0.2) is 48.2 Å². The molecule has 3 aliphatic rings. The summed E-state index contributed by atoms with van der Waals surface area (Å²) in [5.41, 5.74) is 0.545. The lowest BCUT2D eigenvalue weighted by atomic mass is 9.77. The molecule has 0 N–H and O–H groups in total. The van der Waals surface area contributed by atoms with Gasteiger partial charge in [0.1, 0.15) is 11.5 Å². The topological polar surface area (TPSA) is 55.8 Å². The molecule has 1 amide bonds. The van der Waals surface area contributed by atoms with Gasteiger partial charge in [0.05, 0.1) is 25.2 Å². The highest BCUT2D eigenvalue weighted by Gasteiger charge is 2.67. The highest BCUT2D eigenvalue weighted by Crippen LogP contribution is 2.52. The first-order chi connectivity index (χ1) is 12.5. The zero-order valence-electron chi connectivity index (χ0n) is 15.3. The summed E-state index contributed by atoms with van der Waals surface area (Å²) in [7, 11) is 0. The van der Waals surface area contributed by atoms with Crippen molar-refractivity contribution in [2.75, 3.05) is 19.7 Å². The molecule has 0 aliphatic carbocycles. The molecule has 2 saturated heterocycles. The van der Waals surface area contributed by atoms with Gasteiger partial charge in [-0.3, -0.25) is 9.59 Å². The number of nitrogens with zero attached hydrogens (tertiary/aromatic N) is 1. The Labute approximate surface area is 154 Å². The van der Waals surface area contributed by atoms with Crippen LogP contribution in [0.25, 0.3) is 0 Å². The predicted octanol–water partition coefficient (Wildman–Crippen LogP) is 2.21. The Bertz CT molecular complexity index is 729. The first-order valence-corrected chi connectivity index (χ1v) is 9.37. The van der Waals surface area contributed by atoms with E-state index in [0.29, 0.717) is 19.7 Å². The van der Waals surface area contributed by atoms with Gasteiger partial charge >= 0.3 is 5.97 Å². The Kier molecular flexibility index (Phi) is 4.35. The number of carbonyl (C=O) groups excluding carboxylic acids is 2. The van der Waals surface area contributed by atoms with Gasteiger partial charge in [-0.1, -0.05) is 56.3 Å². The molecule has 1 spiro atoms. The first-order valence-electron chi connectivity index (χ1n) is 9.37. The summed E-state index contributed by atoms with van der Waals surface area (Å²) >= 11 is 0. The Morgan fingerprint density at radius 2 is 2.12 bits per heavy atom. The van der Waals surface area contributed by atoms with Gasteiger partial charge in [0.15, 0.2) is 0 Å². The van der Waals surface area contributed by atoms with E-state index in [0.717, 1.165) is 6.42 Å². The summed E-state index contributed by atoms with van der Waals surface area (Å²) in [6.07, 6.45) is 4.37. The standard InChI is InChI=1S/C21H25NO4/c1-14(2)12-25-20(24)17-16-8-10-21(26-16)13-22(19(23)18(17)21)11-9-15-6-4-3-5-7-15/h3-8,10,14,16-18H,9,11-13H2,1-2H3/t16-,17-,18-,21+/m0/s1. The smallest absolute Gasteiger partial charge is 0.312 e. The van der Waals surface area contributed by atoms with Crippen LogP contribution in [0.15, 0.2) is 42.5 Å². The molecule has 0 aromatic heterocycles. The molecule has 0 unspecified atom stereocenters. The minimum absolute atomic E-state index is 0.0132. The largest absolute Gasteiger partial charge is 0.465 e. The van der Waals surface area contributed by atoms with E-state index in [1.807, 2.05) is 49.1 Å². The number of fused-ring (bicyclic) bond motifs is 1. The van der Waals surface area contributed by atoms with Crippen molar-refractivity contribution >= 4 is 11.9 Å². The molecule has 2 bridgehead atoms. The van der Waals surface area contributed by atoms with Gasteiger partial charge in [-0.15, -0.1) is 0 Å². The lowest BCUT2D eigenvalue weighted by Gasteiger charge is -2.23. The molecule has 0 radical (unpaired) electrons. The Morgan fingerprint density at radius 3 is 2.85 bits per heavy atom. The van der Waals surface area contributed by atoms with E-state index < -0.39 is 17.4 Å². The number of likely N-dealkylation sites (tertiary alicyclic amines) is 1. The van der Waals surface area contributed by atoms with Crippen LogP contribution in [0, 0.1) is 17.8 Å². The second-order valence-electron chi connectivity index (χ2n) is 7.92. The van der Waals surface area contributed by atoms with E-state index in [1.54, 1.807) is 0 Å². The number of rotatable bonds is 6. The van der Waals surface area contributed by atoms with Gasteiger partial charge in [-0.2, -0.15) is 0 Å². The third-order valence-corrected chi connectivity index (χ3v) is 5.52. The van der Waals surface area contributed by atoms with Gasteiger partial charge < -0.3 is 14.4 Å². The van der Waals surface area contributed by atoms with Crippen molar-refractivity contribution in [3.8, 4) is 0 Å². The summed E-state index contributed by atoms with van der Waals surface area (Å²) in [4.78, 5) is 27.5. The van der Waals surface area contributed by atoms with E-state index in [2.05, 4.69) is 12.1 Å². The molecular weight excluding hydrogens is 330 g/mol. The van der Waals surface area contributed by atoms with Crippen molar-refractivity contribution < 1.29 is 19.1 Å². The van der Waals surface area contributed by atoms with Crippen LogP contribution < -0.4 is 0 Å². The molecule has 1 aromatic rings. The van der Waals surface area contributed by atoms with Gasteiger partial charge in [-0.25, -0.2) is 0 Å². The molecule has 5 nitrogen and oxygen atoms in total. The molecule has 1 aromatic carbocycles. The second-order valence-corrected chi connectivity index (χ2v) is 7.92. The fourth-order valence-electron chi connectivity index (χ4n) is 4.29. The van der Waals surface area contributed by atoms with Crippen molar-refractivity contribution in [1.82, 2.24) is 4.90 Å². The van der Waals surface area contributed by atoms with Crippen LogP contribution in [0.1, 0.15) is 19.4 Å². The van der Waals surface area contributed by atoms with Crippen molar-refractivity contribution in [2.45, 2.75) is 32.0 Å². The summed E-state index contributed by atoms with van der Waals surface area (Å²) in [6, 6.07) is 10.1. The number of esters is 1. The lowest BCUT2D eigenvalue weighted by Crippen LogP contribution is -2.40. The highest BCUT2D eigenvalue weighted by atomic mass is 16.6. The molecular formula is C21H25NO4. The van der Waals surface area contributed by atoms with Crippen LogP contribution in [0.2, 0.25) is 0 Å². The molecule has 26 heavy (non-hydrogen) atoms. The maximum absolute atomic E-state index is 13.1. The Morgan fingerprint density at radius 1 is 1.35 bits per heavy atom. The molecule has 4 rings (SSSR count). The number of benzene rings is 1. The fourth-order valence-corrected chi connectivity index (χ4v) is 4.29. The summed E-state index contributed by atoms with van der Waals surface area (Å²) in [5.74, 6) is -0.997. The number of hydrogen-bond acceptors (Lipinski definition) is 4. The normalized spacial score (nSPS) is 31.7. The van der Waals surface area contributed by atoms with Crippen molar-refractivity contribution in [3.05, 3.63) is 48.0 Å². The van der Waals surface area contributed by atoms with E-state index in [-0.39, 0.29) is 23.9 Å². The minimum Gasteiger partial charge on any atom is -0.465 e. The van der Waals surface area contributed by atoms with Crippen LogP contribution >= 0.6 is 0 Å². The molecule has 4 atom stereocenters. The van der Waals surface area contributed by atoms with Crippen molar-refractivity contribution in [1.29, 1.82) is 0 Å². The number of carbonyl (C=O) groups is 2. The molecule has 3 aliphatic heterocycles. The summed E-state index contributed by atoms with van der Waals surface area (Å²) < 4.78 is 11.5. The van der Waals surface area contributed by atoms with Gasteiger partial charge in [-0.05, 0) is 17.9 Å². The average molecular weight is 355 g/mol. The van der Waals surface area contributed by atoms with Gasteiger partial charge in [0.2, 0.25) is 5.91 Å². The summed E-state index contributed by atoms with van der Waals surface area (Å²) in [6.45, 7) is 5.52. The third kappa shape index (κ3) is 2.84. The van der Waals surface area contributed by atoms with E-state index >= 15 is 0 Å². The first kappa shape index (κ1) is 17.3. The van der Waals surface area contributed by atoms with E-state index in [9.17, 15) is 9.59 Å². The van der Waals surface area contributed by atoms with Crippen LogP contribution in [0.4, 0.5) is 0 Å². The number of ether oxygens (including phenoxy) is 2. The van der Waals surface area contributed by atoms with Gasteiger partial charge in [0.25, 0.3) is 0 Å². The highest BCUT2D eigenvalue weighted by molar-refractivity contribution is 5.91. The Balaban J connectivity index is 1.47. The fraction of sp³-hybridized carbons (Fsp3) is 0.524. The monoisotopic (exact) mass is 355 g/mol. The number of amides is 1. The molecule has 5 heteroatoms. The quantitative estimate of drug-likeness (QED) is 0.580. The number of hydrogen-bond donors (Lipinski definition) is 0. The summed E-state index contributed by atoms with van der Waals surface area (Å²) in [5, 5.41) is 0. The molecule has 0 saturated carbocycles. The van der Waals surface area contributed by atoms with Crippen LogP contribution in [0.3, 0.4) is 0 Å². The molecule has 2 fully saturated rings. The third-order valence-electron chi connectivity index (χ3n) is 5.52. The van der Waals surface area contributed by atoms with Crippen molar-refractivity contribution in [2.24, 2.45) is 17.8 Å². The van der Waals surface area contributed by atoms with Gasteiger partial charge in [0, 0.05) is 6.54 Å². The molecule has 3 heterocycles. The Hall–Kier alpha value is -2.14. The lowest BCUT2D eigenvalue weighted by molar-refractivity contribution is -0.154. The van der Waals surface area contributed by atoms with Crippen LogP contribution in [-0.2, 0) is 25.5 Å². The van der Waals surface area contributed by atoms with E-state index in [1.165, 1.54) is 5.56 Å². The predicted molar refractivity (Wildman–Crippen MR) is 96.2 cm³/mol. The van der Waals surface area contributed by atoms with Crippen LogP contribution in [0.5, 0.6) is 0 Å². The van der Waals surface area contributed by atoms with Crippen molar-refractivity contribution in [3.63, 3.8) is 0 Å².